The van der Waals surface area contributed by atoms with E-state index in [-0.39, 0.29) is 0 Å². The molecule has 0 aliphatic carbocycles. The second kappa shape index (κ2) is 4.85. The minimum atomic E-state index is 0.687. The molecule has 0 saturated heterocycles. The van der Waals surface area contributed by atoms with Gasteiger partial charge in [-0.1, -0.05) is 35.9 Å². The number of para-hydroxylation sites is 1. The van der Waals surface area contributed by atoms with Gasteiger partial charge in [-0.3, -0.25) is 4.98 Å². The summed E-state index contributed by atoms with van der Waals surface area (Å²) in [5.41, 5.74) is 11.1. The number of nitrogens with zero attached hydrogens (tertiary/aromatic N) is 2. The van der Waals surface area contributed by atoms with Crippen molar-refractivity contribution in [3.05, 3.63) is 60.3 Å². The highest BCUT2D eigenvalue weighted by Crippen LogP contribution is 2.34. The zero-order chi connectivity index (χ0) is 14.1. The number of benzene rings is 2. The molecule has 3 heteroatoms. The largest absolute Gasteiger partial charge is 0.396 e. The van der Waals surface area contributed by atoms with Crippen molar-refractivity contribution in [1.29, 1.82) is 0 Å². The van der Waals surface area contributed by atoms with E-state index in [0.29, 0.717) is 5.69 Å². The van der Waals surface area contributed by atoms with Gasteiger partial charge in [0.25, 0.3) is 0 Å². The predicted molar refractivity (Wildman–Crippen MR) is 85.4 cm³/mol. The van der Waals surface area contributed by atoms with E-state index in [1.54, 1.807) is 6.20 Å². The first-order chi connectivity index (χ1) is 9.66. The highest BCUT2D eigenvalue weighted by atomic mass is 15.1. The van der Waals surface area contributed by atoms with Crippen LogP contribution < -0.4 is 10.6 Å². The van der Waals surface area contributed by atoms with Crippen LogP contribution in [0.15, 0.2) is 54.7 Å². The number of nitrogens with two attached hydrogens (primary N) is 1. The lowest BCUT2D eigenvalue weighted by atomic mass is 10.1. The SMILES string of the molecule is Cc1ccc(N(C)c2c(N)cnc3ccccc23)cc1. The minimum absolute atomic E-state index is 0.687. The Balaban J connectivity index is 2.18. The smallest absolute Gasteiger partial charge is 0.0753 e. The van der Waals surface area contributed by atoms with Crippen molar-refractivity contribution in [3.63, 3.8) is 0 Å². The fourth-order valence-corrected chi connectivity index (χ4v) is 2.41. The van der Waals surface area contributed by atoms with E-state index in [9.17, 15) is 0 Å². The highest BCUT2D eigenvalue weighted by Gasteiger charge is 2.12. The van der Waals surface area contributed by atoms with Crippen molar-refractivity contribution >= 4 is 28.0 Å². The molecule has 0 fully saturated rings. The quantitative estimate of drug-likeness (QED) is 0.762. The zero-order valence-corrected chi connectivity index (χ0v) is 11.7. The van der Waals surface area contributed by atoms with Gasteiger partial charge in [0.05, 0.1) is 23.1 Å². The Morgan fingerprint density at radius 3 is 2.45 bits per heavy atom. The molecular formula is C17H17N3. The van der Waals surface area contributed by atoms with Crippen LogP contribution in [0.2, 0.25) is 0 Å². The third-order valence-electron chi connectivity index (χ3n) is 3.53. The summed E-state index contributed by atoms with van der Waals surface area (Å²) in [6.45, 7) is 2.08. The van der Waals surface area contributed by atoms with Crippen LogP contribution in [-0.2, 0) is 0 Å². The number of rotatable bonds is 2. The van der Waals surface area contributed by atoms with E-state index in [4.69, 9.17) is 5.73 Å². The summed E-state index contributed by atoms with van der Waals surface area (Å²) in [6.07, 6.45) is 1.72. The first kappa shape index (κ1) is 12.5. The molecule has 0 saturated carbocycles. The van der Waals surface area contributed by atoms with E-state index < -0.39 is 0 Å². The first-order valence-electron chi connectivity index (χ1n) is 6.60. The predicted octanol–water partition coefficient (Wildman–Crippen LogP) is 3.89. The van der Waals surface area contributed by atoms with Crippen LogP contribution in [0.4, 0.5) is 17.1 Å². The maximum Gasteiger partial charge on any atom is 0.0753 e. The van der Waals surface area contributed by atoms with Gasteiger partial charge in [-0.05, 0) is 25.1 Å². The summed E-state index contributed by atoms with van der Waals surface area (Å²) < 4.78 is 0. The molecule has 0 amide bonds. The fourth-order valence-electron chi connectivity index (χ4n) is 2.41. The lowest BCUT2D eigenvalue weighted by Gasteiger charge is -2.23. The van der Waals surface area contributed by atoms with Crippen molar-refractivity contribution in [1.82, 2.24) is 4.98 Å². The molecule has 0 aliphatic heterocycles. The second-order valence-electron chi connectivity index (χ2n) is 4.97. The van der Waals surface area contributed by atoms with Gasteiger partial charge in [-0.15, -0.1) is 0 Å². The second-order valence-corrected chi connectivity index (χ2v) is 4.97. The van der Waals surface area contributed by atoms with Crippen LogP contribution in [0.1, 0.15) is 5.56 Å². The molecule has 0 bridgehead atoms. The fraction of sp³-hybridized carbons (Fsp3) is 0.118. The van der Waals surface area contributed by atoms with Gasteiger partial charge in [-0.25, -0.2) is 0 Å². The van der Waals surface area contributed by atoms with Gasteiger partial charge in [0.1, 0.15) is 0 Å². The summed E-state index contributed by atoms with van der Waals surface area (Å²) in [5.74, 6) is 0. The monoisotopic (exact) mass is 263 g/mol. The van der Waals surface area contributed by atoms with Crippen molar-refractivity contribution in [2.45, 2.75) is 6.92 Å². The Bertz CT molecular complexity index is 748. The molecule has 100 valence electrons. The van der Waals surface area contributed by atoms with Crippen LogP contribution in [0.3, 0.4) is 0 Å². The number of hydrogen-bond acceptors (Lipinski definition) is 3. The number of fused-ring (bicyclic) bond motifs is 1. The van der Waals surface area contributed by atoms with Crippen molar-refractivity contribution in [2.75, 3.05) is 17.7 Å². The van der Waals surface area contributed by atoms with Crippen LogP contribution >= 0.6 is 0 Å². The maximum atomic E-state index is 6.15. The maximum absolute atomic E-state index is 6.15. The van der Waals surface area contributed by atoms with E-state index in [1.165, 1.54) is 5.56 Å². The Kier molecular flexibility index (Phi) is 3.03. The molecule has 3 nitrogen and oxygen atoms in total. The van der Waals surface area contributed by atoms with Gasteiger partial charge in [0, 0.05) is 18.1 Å². The Morgan fingerprint density at radius 1 is 1.00 bits per heavy atom. The molecular weight excluding hydrogens is 246 g/mol. The molecule has 2 N–H and O–H groups in total. The number of anilines is 3. The van der Waals surface area contributed by atoms with Crippen molar-refractivity contribution < 1.29 is 0 Å². The average molecular weight is 263 g/mol. The molecule has 3 aromatic rings. The van der Waals surface area contributed by atoms with Gasteiger partial charge in [-0.2, -0.15) is 0 Å². The van der Waals surface area contributed by atoms with Gasteiger partial charge in [0.15, 0.2) is 0 Å². The van der Waals surface area contributed by atoms with Gasteiger partial charge >= 0.3 is 0 Å². The molecule has 0 spiro atoms. The van der Waals surface area contributed by atoms with E-state index >= 15 is 0 Å². The Hall–Kier alpha value is -2.55. The zero-order valence-electron chi connectivity index (χ0n) is 11.7. The van der Waals surface area contributed by atoms with Crippen LogP contribution in [0.5, 0.6) is 0 Å². The normalized spacial score (nSPS) is 10.7. The van der Waals surface area contributed by atoms with Crippen LogP contribution in [-0.4, -0.2) is 12.0 Å². The molecule has 20 heavy (non-hydrogen) atoms. The van der Waals surface area contributed by atoms with E-state index in [1.807, 2.05) is 25.2 Å². The minimum Gasteiger partial charge on any atom is -0.396 e. The number of aromatic nitrogens is 1. The summed E-state index contributed by atoms with van der Waals surface area (Å²) in [7, 11) is 2.03. The average Bonchev–Trinajstić information content (AvgIpc) is 2.47. The van der Waals surface area contributed by atoms with Gasteiger partial charge in [0.2, 0.25) is 0 Å². The van der Waals surface area contributed by atoms with Crippen LogP contribution in [0, 0.1) is 6.92 Å². The molecule has 0 atom stereocenters. The molecule has 0 radical (unpaired) electrons. The Labute approximate surface area is 118 Å². The topological polar surface area (TPSA) is 42.1 Å². The Morgan fingerprint density at radius 2 is 1.70 bits per heavy atom. The van der Waals surface area contributed by atoms with E-state index in [0.717, 1.165) is 22.3 Å². The van der Waals surface area contributed by atoms with E-state index in [2.05, 4.69) is 47.1 Å². The highest BCUT2D eigenvalue weighted by molar-refractivity contribution is 5.99. The number of aryl methyl sites for hydroxylation is 1. The summed E-state index contributed by atoms with van der Waals surface area (Å²) in [5, 5.41) is 1.07. The summed E-state index contributed by atoms with van der Waals surface area (Å²) >= 11 is 0. The van der Waals surface area contributed by atoms with Crippen molar-refractivity contribution in [2.24, 2.45) is 0 Å². The number of nitrogen functional groups attached to an aromatic ring is 1. The van der Waals surface area contributed by atoms with Gasteiger partial charge < -0.3 is 10.6 Å². The first-order valence-corrected chi connectivity index (χ1v) is 6.60. The lowest BCUT2D eigenvalue weighted by Crippen LogP contribution is -2.12. The molecule has 2 aromatic carbocycles. The summed E-state index contributed by atoms with van der Waals surface area (Å²) in [4.78, 5) is 6.49. The number of pyridine rings is 1. The molecule has 1 heterocycles. The van der Waals surface area contributed by atoms with Crippen LogP contribution in [0.25, 0.3) is 10.9 Å². The standard InChI is InChI=1S/C17H17N3/c1-12-7-9-13(10-8-12)20(2)17-14-5-3-4-6-16(14)19-11-15(17)18/h3-11H,18H2,1-2H3. The number of hydrogen-bond donors (Lipinski definition) is 1. The molecule has 0 unspecified atom stereocenters. The third kappa shape index (κ3) is 2.07. The molecule has 3 rings (SSSR count). The molecule has 0 aliphatic rings. The van der Waals surface area contributed by atoms with Crippen molar-refractivity contribution in [3.8, 4) is 0 Å². The summed E-state index contributed by atoms with van der Waals surface area (Å²) in [6, 6.07) is 16.5. The lowest BCUT2D eigenvalue weighted by molar-refractivity contribution is 1.21. The molecule has 1 aromatic heterocycles. The third-order valence-corrected chi connectivity index (χ3v) is 3.53.